The molecule has 0 spiro atoms. The predicted molar refractivity (Wildman–Crippen MR) is 325 cm³/mol. The van der Waals surface area contributed by atoms with Crippen LogP contribution in [0.4, 0.5) is 11.4 Å². The van der Waals surface area contributed by atoms with Crippen molar-refractivity contribution in [3.05, 3.63) is 219 Å². The average Bonchev–Trinajstić information content (AvgIpc) is 3.56. The Morgan fingerprint density at radius 3 is 2.27 bits per heavy atom. The van der Waals surface area contributed by atoms with E-state index in [1.165, 1.54) is 94.7 Å². The van der Waals surface area contributed by atoms with E-state index in [1.54, 1.807) is 5.57 Å². The molecule has 3 aliphatic rings. The Bertz CT molecular complexity index is 3030. The largest absolute Gasteiger partial charge is 0.324 e. The Hall–Kier alpha value is -5.90. The summed E-state index contributed by atoms with van der Waals surface area (Å²) in [5.41, 5.74) is 32.5. The number of benzene rings is 4. The van der Waals surface area contributed by atoms with Crippen LogP contribution in [0.15, 0.2) is 174 Å². The lowest BCUT2D eigenvalue weighted by molar-refractivity contribution is 0.406. The summed E-state index contributed by atoms with van der Waals surface area (Å²) >= 11 is 0. The fourth-order valence-electron chi connectivity index (χ4n) is 13.3. The smallest absolute Gasteiger partial charge is 0.157 e. The number of rotatable bonds is 16. The summed E-state index contributed by atoms with van der Waals surface area (Å²) in [4.78, 5) is 2.62. The monoisotopic (exact) mass is 967 g/mol. The van der Waals surface area contributed by atoms with Gasteiger partial charge >= 0.3 is 0 Å². The van der Waals surface area contributed by atoms with E-state index in [0.717, 1.165) is 44.3 Å². The standard InChI is InChI=1S/C70H87BN2/c1-19-23-29-53-57-39-45(7)33-35-54(57)66-51(34-36-55-52-30-25-27-32-60(52)70(16,17)67(55)65(53)49(11)72)38-46(8)40-64(66)73(48(10)42-56(44(5)6)58(22-4)68(12,13)37-20-2)63-41-47(9)61(43-62(63)71-18)69(14,15)59-31-26-24-28-50(59)21-3/h19,21-26,28-31,33-36,38-44,49,53,55,71H,1,3-4,20,27,32,37,72H2,2,5-18H3/b29-23-,36-34+,48-42-,58-56-,67-65-. The molecule has 0 aliphatic heterocycles. The van der Waals surface area contributed by atoms with Crippen molar-refractivity contribution >= 4 is 36.3 Å². The van der Waals surface area contributed by atoms with E-state index >= 15 is 0 Å². The summed E-state index contributed by atoms with van der Waals surface area (Å²) < 4.78 is 0. The fourth-order valence-corrected chi connectivity index (χ4v) is 13.3. The Labute approximate surface area is 444 Å². The number of hydrogen-bond donors (Lipinski definition) is 1. The summed E-state index contributed by atoms with van der Waals surface area (Å²) in [6.07, 6.45) is 27.2. The van der Waals surface area contributed by atoms with Gasteiger partial charge in [0.15, 0.2) is 7.28 Å². The first-order valence-electron chi connectivity index (χ1n) is 27.4. The lowest BCUT2D eigenvalue weighted by Gasteiger charge is -2.37. The maximum Gasteiger partial charge on any atom is 0.157 e. The predicted octanol–water partition coefficient (Wildman–Crippen LogP) is 18.2. The van der Waals surface area contributed by atoms with E-state index in [1.807, 2.05) is 12.2 Å². The molecule has 0 bridgehead atoms. The topological polar surface area (TPSA) is 29.3 Å². The van der Waals surface area contributed by atoms with Crippen molar-refractivity contribution in [2.24, 2.45) is 28.4 Å². The van der Waals surface area contributed by atoms with Gasteiger partial charge in [0.05, 0.1) is 5.69 Å². The number of allylic oxidation sites excluding steroid dienone is 14. The second kappa shape index (κ2) is 21.9. The molecule has 4 aromatic carbocycles. The van der Waals surface area contributed by atoms with Crippen molar-refractivity contribution in [1.29, 1.82) is 0 Å². The van der Waals surface area contributed by atoms with Crippen LogP contribution in [0, 0.1) is 43.4 Å². The van der Waals surface area contributed by atoms with Crippen molar-refractivity contribution in [3.8, 4) is 11.1 Å². The third-order valence-electron chi connectivity index (χ3n) is 16.7. The van der Waals surface area contributed by atoms with Gasteiger partial charge in [-0.05, 0) is 156 Å². The highest BCUT2D eigenvalue weighted by Crippen LogP contribution is 2.58. The molecular weight excluding hydrogens is 880 g/mol. The molecule has 3 heteroatoms. The lowest BCUT2D eigenvalue weighted by atomic mass is 9.67. The third-order valence-corrected chi connectivity index (χ3v) is 16.7. The molecular formula is C70H87BN2. The van der Waals surface area contributed by atoms with Crippen LogP contribution in [0.25, 0.3) is 23.3 Å². The van der Waals surface area contributed by atoms with E-state index < -0.39 is 0 Å². The Morgan fingerprint density at radius 2 is 1.63 bits per heavy atom. The summed E-state index contributed by atoms with van der Waals surface area (Å²) in [5, 5.41) is 0. The van der Waals surface area contributed by atoms with Crippen LogP contribution in [0.3, 0.4) is 0 Å². The quantitative estimate of drug-likeness (QED) is 0.0689. The van der Waals surface area contributed by atoms with Gasteiger partial charge in [0, 0.05) is 45.7 Å². The molecule has 4 aromatic rings. The SMILES string of the molecule is C=C/C=C\C1/C(C(C)N)=C2/C(/C=C/c3cc(C)cc(N(/C(C)=C\C(=C(/C=C)C(C)(C)CCC)C(C)C)c4cc(C)c(C(C)(C)c5ccccc5C=C)cc4BC)c3-c3ccc(C)cc31)C1=C(CCC=C1)C2(C)C. The minimum atomic E-state index is -0.281. The van der Waals surface area contributed by atoms with Crippen LogP contribution in [0.1, 0.15) is 152 Å². The molecule has 0 saturated carbocycles. The van der Waals surface area contributed by atoms with Crippen LogP contribution in [0.2, 0.25) is 6.82 Å². The highest BCUT2D eigenvalue weighted by Gasteiger charge is 2.46. The van der Waals surface area contributed by atoms with Crippen molar-refractivity contribution in [2.75, 3.05) is 4.90 Å². The highest BCUT2D eigenvalue weighted by molar-refractivity contribution is 6.54. The molecule has 0 saturated heterocycles. The molecule has 7 rings (SSSR count). The number of nitrogens with zero attached hydrogens (tertiary/aromatic N) is 1. The molecule has 73 heavy (non-hydrogen) atoms. The molecule has 0 amide bonds. The molecule has 3 unspecified atom stereocenters. The van der Waals surface area contributed by atoms with E-state index in [2.05, 4.69) is 244 Å². The third kappa shape index (κ3) is 10.3. The summed E-state index contributed by atoms with van der Waals surface area (Å²) in [6.45, 7) is 48.0. The second-order valence-electron chi connectivity index (χ2n) is 23.5. The molecule has 380 valence electrons. The highest BCUT2D eigenvalue weighted by atomic mass is 15.1. The van der Waals surface area contributed by atoms with Crippen LogP contribution < -0.4 is 16.1 Å². The molecule has 3 aliphatic carbocycles. The van der Waals surface area contributed by atoms with E-state index in [9.17, 15) is 0 Å². The summed E-state index contributed by atoms with van der Waals surface area (Å²) in [6, 6.07) is 25.6. The minimum absolute atomic E-state index is 0.0509. The van der Waals surface area contributed by atoms with Crippen molar-refractivity contribution in [1.82, 2.24) is 0 Å². The summed E-state index contributed by atoms with van der Waals surface area (Å²) in [5.74, 6) is 0.243. The number of anilines is 2. The van der Waals surface area contributed by atoms with Gasteiger partial charge in [-0.1, -0.05) is 221 Å². The Balaban J connectivity index is 1.66. The van der Waals surface area contributed by atoms with Crippen molar-refractivity contribution < 1.29 is 0 Å². The maximum absolute atomic E-state index is 7.40. The van der Waals surface area contributed by atoms with Crippen LogP contribution in [0.5, 0.6) is 0 Å². The van der Waals surface area contributed by atoms with Gasteiger partial charge in [-0.2, -0.15) is 0 Å². The van der Waals surface area contributed by atoms with Gasteiger partial charge in [0.1, 0.15) is 0 Å². The van der Waals surface area contributed by atoms with E-state index in [0.29, 0.717) is 0 Å². The number of nitrogens with two attached hydrogens (primary N) is 1. The zero-order chi connectivity index (χ0) is 53.3. The number of hydrogen-bond acceptors (Lipinski definition) is 2. The van der Waals surface area contributed by atoms with E-state index in [-0.39, 0.29) is 40.0 Å². The van der Waals surface area contributed by atoms with Gasteiger partial charge in [-0.3, -0.25) is 0 Å². The normalized spacial score (nSPS) is 19.9. The zero-order valence-electron chi connectivity index (χ0n) is 47.6. The fraction of sp³-hybridized carbons (Fsp3) is 0.371. The maximum atomic E-state index is 7.40. The first-order chi connectivity index (χ1) is 34.6. The average molecular weight is 967 g/mol. The minimum Gasteiger partial charge on any atom is -0.324 e. The Kier molecular flexibility index (Phi) is 16.5. The molecule has 0 radical (unpaired) electrons. The molecule has 0 heterocycles. The van der Waals surface area contributed by atoms with Gasteiger partial charge in [0.25, 0.3) is 0 Å². The van der Waals surface area contributed by atoms with Gasteiger partial charge in [0.2, 0.25) is 0 Å². The zero-order valence-corrected chi connectivity index (χ0v) is 47.6. The van der Waals surface area contributed by atoms with Crippen LogP contribution >= 0.6 is 0 Å². The van der Waals surface area contributed by atoms with Crippen LogP contribution in [-0.2, 0) is 5.41 Å². The molecule has 3 atom stereocenters. The molecule has 2 N–H and O–H groups in total. The van der Waals surface area contributed by atoms with Gasteiger partial charge < -0.3 is 10.6 Å². The second-order valence-corrected chi connectivity index (χ2v) is 23.5. The van der Waals surface area contributed by atoms with Gasteiger partial charge in [-0.25, -0.2) is 0 Å². The van der Waals surface area contributed by atoms with Crippen molar-refractivity contribution in [2.45, 2.75) is 147 Å². The number of aryl methyl sites for hydroxylation is 3. The Morgan fingerprint density at radius 1 is 0.904 bits per heavy atom. The summed E-state index contributed by atoms with van der Waals surface area (Å²) in [7, 11) is 0.853. The lowest BCUT2D eigenvalue weighted by Crippen LogP contribution is -2.30. The van der Waals surface area contributed by atoms with Crippen LogP contribution in [-0.4, -0.2) is 13.3 Å². The van der Waals surface area contributed by atoms with Gasteiger partial charge in [-0.15, -0.1) is 0 Å². The number of fused-ring (bicyclic) bond motifs is 5. The molecule has 2 nitrogen and oxygen atoms in total. The van der Waals surface area contributed by atoms with Crippen molar-refractivity contribution in [3.63, 3.8) is 0 Å². The van der Waals surface area contributed by atoms with E-state index in [4.69, 9.17) is 5.73 Å². The molecule has 0 fully saturated rings. The first-order valence-corrected chi connectivity index (χ1v) is 27.4. The first kappa shape index (κ1) is 54.9. The molecule has 0 aromatic heterocycles.